The van der Waals surface area contributed by atoms with Crippen molar-refractivity contribution < 1.29 is 0 Å². The lowest BCUT2D eigenvalue weighted by Crippen LogP contribution is -2.15. The highest BCUT2D eigenvalue weighted by molar-refractivity contribution is 7.38. The first kappa shape index (κ1) is 13.4. The van der Waals surface area contributed by atoms with Gasteiger partial charge in [-0.25, -0.2) is 15.0 Å². The molecule has 0 spiro atoms. The van der Waals surface area contributed by atoms with Crippen LogP contribution >= 0.6 is 8.58 Å². The van der Waals surface area contributed by atoms with Gasteiger partial charge in [-0.1, -0.05) is 13.8 Å². The predicted octanol–water partition coefficient (Wildman–Crippen LogP) is 2.75. The van der Waals surface area contributed by atoms with Crippen molar-refractivity contribution in [2.45, 2.75) is 39.8 Å². The van der Waals surface area contributed by atoms with E-state index < -0.39 is 0 Å². The van der Waals surface area contributed by atoms with E-state index in [4.69, 9.17) is 0 Å². The minimum atomic E-state index is 0.0910. The molecule has 0 aliphatic heterocycles. The van der Waals surface area contributed by atoms with Gasteiger partial charge < -0.3 is 0 Å². The Bertz CT molecular complexity index is 274. The van der Waals surface area contributed by atoms with Crippen molar-refractivity contribution in [1.82, 2.24) is 15.0 Å². The summed E-state index contributed by atoms with van der Waals surface area (Å²) in [6.07, 6.45) is 1.58. The Hall–Kier alpha value is -0.560. The van der Waals surface area contributed by atoms with Crippen LogP contribution in [0.5, 0.6) is 0 Å². The Balaban J connectivity index is 0.000000791. The molecular weight excluding hydrogens is 193 g/mol. The molecule has 14 heavy (non-hydrogen) atoms. The smallest absolute Gasteiger partial charge is 0.141 e. The third-order valence-electron chi connectivity index (χ3n) is 1.88. The lowest BCUT2D eigenvalue weighted by atomic mass is 10.2. The highest BCUT2D eigenvalue weighted by Gasteiger charge is 2.21. The van der Waals surface area contributed by atoms with Crippen LogP contribution in [-0.2, 0) is 5.16 Å². The van der Waals surface area contributed by atoms with Crippen molar-refractivity contribution in [3.05, 3.63) is 18.0 Å². The van der Waals surface area contributed by atoms with Crippen LogP contribution in [-0.4, -0.2) is 21.6 Å². The standard InChI is InChI=1S/C8H14N3P.C2H6/c1-6-9-5-10-7(11-6)8(2,3)12-4;1-2/h5,12H,1-4H3;1-2H3. The Labute approximate surface area is 88.6 Å². The summed E-state index contributed by atoms with van der Waals surface area (Å²) in [6, 6.07) is 0. The van der Waals surface area contributed by atoms with Gasteiger partial charge >= 0.3 is 0 Å². The maximum atomic E-state index is 4.30. The highest BCUT2D eigenvalue weighted by Crippen LogP contribution is 2.35. The van der Waals surface area contributed by atoms with Crippen molar-refractivity contribution in [1.29, 1.82) is 0 Å². The van der Waals surface area contributed by atoms with Crippen LogP contribution in [0.4, 0.5) is 0 Å². The maximum absolute atomic E-state index is 4.30. The summed E-state index contributed by atoms with van der Waals surface area (Å²) in [7, 11) is 0.805. The summed E-state index contributed by atoms with van der Waals surface area (Å²) < 4.78 is 0. The molecule has 1 heterocycles. The summed E-state index contributed by atoms with van der Waals surface area (Å²) >= 11 is 0. The number of aromatic nitrogens is 3. The number of nitrogens with zero attached hydrogens (tertiary/aromatic N) is 3. The summed E-state index contributed by atoms with van der Waals surface area (Å²) in [5, 5.41) is 0.0910. The molecule has 0 bridgehead atoms. The van der Waals surface area contributed by atoms with E-state index in [-0.39, 0.29) is 5.16 Å². The van der Waals surface area contributed by atoms with E-state index in [2.05, 4.69) is 35.5 Å². The highest BCUT2D eigenvalue weighted by atomic mass is 31.1. The molecule has 0 N–H and O–H groups in total. The molecule has 0 aliphatic carbocycles. The van der Waals surface area contributed by atoms with Crippen LogP contribution in [0.25, 0.3) is 0 Å². The number of rotatable bonds is 2. The second-order valence-corrected chi connectivity index (χ2v) is 4.98. The molecule has 0 aromatic carbocycles. The van der Waals surface area contributed by atoms with Crippen LogP contribution in [0.2, 0.25) is 0 Å². The van der Waals surface area contributed by atoms with E-state index in [9.17, 15) is 0 Å². The van der Waals surface area contributed by atoms with Gasteiger partial charge in [-0.3, -0.25) is 0 Å². The molecule has 4 heteroatoms. The van der Waals surface area contributed by atoms with E-state index in [1.807, 2.05) is 20.8 Å². The van der Waals surface area contributed by atoms with Gasteiger partial charge in [-0.15, -0.1) is 8.58 Å². The third-order valence-corrected chi connectivity index (χ3v) is 3.35. The van der Waals surface area contributed by atoms with Crippen molar-refractivity contribution in [3.63, 3.8) is 0 Å². The average molecular weight is 213 g/mol. The van der Waals surface area contributed by atoms with Crippen LogP contribution in [0, 0.1) is 6.92 Å². The Kier molecular flexibility index (Phi) is 5.78. The monoisotopic (exact) mass is 213 g/mol. The van der Waals surface area contributed by atoms with Crippen LogP contribution in [0.3, 0.4) is 0 Å². The first-order chi connectivity index (χ1) is 6.56. The topological polar surface area (TPSA) is 38.7 Å². The molecule has 1 rings (SSSR count). The zero-order chi connectivity index (χ0) is 11.2. The third kappa shape index (κ3) is 3.67. The Morgan fingerprint density at radius 2 is 1.79 bits per heavy atom. The van der Waals surface area contributed by atoms with Crippen molar-refractivity contribution in [2.24, 2.45) is 0 Å². The molecule has 0 radical (unpaired) electrons. The van der Waals surface area contributed by atoms with Gasteiger partial charge in [0.2, 0.25) is 0 Å². The van der Waals surface area contributed by atoms with Gasteiger partial charge in [0.15, 0.2) is 0 Å². The summed E-state index contributed by atoms with van der Waals surface area (Å²) in [5.41, 5.74) is 0. The second kappa shape index (κ2) is 6.02. The minimum Gasteiger partial charge on any atom is -0.222 e. The summed E-state index contributed by atoms with van der Waals surface area (Å²) in [6.45, 7) is 12.4. The zero-order valence-corrected chi connectivity index (χ0v) is 10.9. The van der Waals surface area contributed by atoms with Crippen LogP contribution < -0.4 is 0 Å². The minimum absolute atomic E-state index is 0.0910. The van der Waals surface area contributed by atoms with Gasteiger partial charge in [0.25, 0.3) is 0 Å². The largest absolute Gasteiger partial charge is 0.222 e. The van der Waals surface area contributed by atoms with Crippen LogP contribution in [0.15, 0.2) is 6.33 Å². The molecule has 3 nitrogen and oxygen atoms in total. The molecule has 80 valence electrons. The number of hydrogen-bond donors (Lipinski definition) is 0. The summed E-state index contributed by atoms with van der Waals surface area (Å²) in [5.74, 6) is 1.70. The molecular formula is C10H20N3P. The average Bonchev–Trinajstić information content (AvgIpc) is 2.21. The maximum Gasteiger partial charge on any atom is 0.141 e. The van der Waals surface area contributed by atoms with E-state index in [1.54, 1.807) is 6.33 Å². The van der Waals surface area contributed by atoms with Crippen LogP contribution in [0.1, 0.15) is 39.3 Å². The fourth-order valence-electron chi connectivity index (χ4n) is 0.791. The molecule has 1 atom stereocenters. The van der Waals surface area contributed by atoms with Gasteiger partial charge in [-0.05, 0) is 27.4 Å². The molecule has 0 saturated heterocycles. The zero-order valence-electron chi connectivity index (χ0n) is 9.92. The second-order valence-electron chi connectivity index (χ2n) is 3.23. The molecule has 0 aliphatic rings. The lowest BCUT2D eigenvalue weighted by Gasteiger charge is -2.20. The first-order valence-electron chi connectivity index (χ1n) is 4.91. The predicted molar refractivity (Wildman–Crippen MR) is 63.2 cm³/mol. The normalized spacial score (nSPS) is 11.3. The SMILES string of the molecule is CC.CPC(C)(C)c1ncnc(C)n1. The van der Waals surface area contributed by atoms with Crippen molar-refractivity contribution >= 4 is 8.58 Å². The molecule has 0 amide bonds. The molecule has 0 fully saturated rings. The van der Waals surface area contributed by atoms with Gasteiger partial charge in [0, 0.05) is 5.16 Å². The van der Waals surface area contributed by atoms with E-state index in [0.29, 0.717) is 0 Å². The van der Waals surface area contributed by atoms with Crippen molar-refractivity contribution in [3.8, 4) is 0 Å². The molecule has 1 unspecified atom stereocenters. The van der Waals surface area contributed by atoms with Gasteiger partial charge in [0.05, 0.1) is 0 Å². The van der Waals surface area contributed by atoms with Crippen molar-refractivity contribution in [2.75, 3.05) is 6.66 Å². The number of aryl methyl sites for hydroxylation is 1. The fraction of sp³-hybridized carbons (Fsp3) is 0.700. The first-order valence-corrected chi connectivity index (χ1v) is 6.41. The Morgan fingerprint density at radius 3 is 2.21 bits per heavy atom. The van der Waals surface area contributed by atoms with E-state index in [1.165, 1.54) is 0 Å². The van der Waals surface area contributed by atoms with E-state index >= 15 is 0 Å². The Morgan fingerprint density at radius 1 is 1.21 bits per heavy atom. The fourth-order valence-corrected chi connectivity index (χ4v) is 1.14. The molecule has 1 aromatic rings. The number of hydrogen-bond acceptors (Lipinski definition) is 3. The molecule has 1 aromatic heterocycles. The van der Waals surface area contributed by atoms with Gasteiger partial charge in [-0.2, -0.15) is 0 Å². The molecule has 0 saturated carbocycles. The quantitative estimate of drug-likeness (QED) is 0.709. The lowest BCUT2D eigenvalue weighted by molar-refractivity contribution is 0.683. The van der Waals surface area contributed by atoms with Gasteiger partial charge in [0.1, 0.15) is 18.0 Å². The van der Waals surface area contributed by atoms with E-state index in [0.717, 1.165) is 20.2 Å². The summed E-state index contributed by atoms with van der Waals surface area (Å²) in [4.78, 5) is 12.4.